The molecule has 0 saturated carbocycles. The normalized spacial score (nSPS) is 20.6. The monoisotopic (exact) mass is 258 g/mol. The minimum atomic E-state index is -0.355. The van der Waals surface area contributed by atoms with Gasteiger partial charge in [-0.3, -0.25) is 4.79 Å². The first-order valence-electron chi connectivity index (χ1n) is 5.06. The van der Waals surface area contributed by atoms with Crippen LogP contribution in [0.25, 0.3) is 0 Å². The van der Waals surface area contributed by atoms with E-state index in [9.17, 15) is 4.79 Å². The fraction of sp³-hybridized carbons (Fsp3) is 0.364. The number of hydrogen-bond acceptors (Lipinski definition) is 2. The van der Waals surface area contributed by atoms with E-state index in [-0.39, 0.29) is 11.9 Å². The predicted octanol–water partition coefficient (Wildman–Crippen LogP) is 2.05. The smallest absolute Gasteiger partial charge is 0.239 e. The van der Waals surface area contributed by atoms with E-state index in [2.05, 4.69) is 0 Å². The van der Waals surface area contributed by atoms with Crippen LogP contribution in [0.1, 0.15) is 12.0 Å². The zero-order chi connectivity index (χ0) is 11.7. The molecule has 0 spiro atoms. The van der Waals surface area contributed by atoms with E-state index in [1.807, 2.05) is 6.07 Å². The number of carbonyl (C=O) groups is 1. The van der Waals surface area contributed by atoms with E-state index in [4.69, 9.17) is 28.9 Å². The Bertz CT molecular complexity index is 422. The van der Waals surface area contributed by atoms with Crippen molar-refractivity contribution in [1.29, 1.82) is 0 Å². The fourth-order valence-corrected chi connectivity index (χ4v) is 2.24. The highest BCUT2D eigenvalue weighted by Crippen LogP contribution is 2.23. The Morgan fingerprint density at radius 3 is 2.75 bits per heavy atom. The van der Waals surface area contributed by atoms with E-state index in [0.717, 1.165) is 5.56 Å². The van der Waals surface area contributed by atoms with E-state index < -0.39 is 0 Å². The van der Waals surface area contributed by atoms with E-state index in [0.29, 0.717) is 29.6 Å². The molecule has 1 aromatic carbocycles. The Hall–Kier alpha value is -0.770. The lowest BCUT2D eigenvalue weighted by molar-refractivity contribution is -0.129. The Morgan fingerprint density at radius 2 is 2.19 bits per heavy atom. The number of carbonyl (C=O) groups excluding carboxylic acids is 1. The van der Waals surface area contributed by atoms with Crippen molar-refractivity contribution in [3.05, 3.63) is 33.8 Å². The molecule has 1 saturated heterocycles. The molecule has 16 heavy (non-hydrogen) atoms. The number of hydrogen-bond donors (Lipinski definition) is 1. The van der Waals surface area contributed by atoms with Crippen molar-refractivity contribution >= 4 is 29.1 Å². The second-order valence-corrected chi connectivity index (χ2v) is 4.73. The summed E-state index contributed by atoms with van der Waals surface area (Å²) in [7, 11) is 0. The van der Waals surface area contributed by atoms with Crippen molar-refractivity contribution in [2.24, 2.45) is 5.73 Å². The highest BCUT2D eigenvalue weighted by Gasteiger charge is 2.28. The van der Waals surface area contributed by atoms with Gasteiger partial charge in [0.15, 0.2) is 0 Å². The number of nitrogens with two attached hydrogens (primary N) is 1. The maximum Gasteiger partial charge on any atom is 0.239 e. The lowest BCUT2D eigenvalue weighted by Crippen LogP contribution is -2.33. The third kappa shape index (κ3) is 2.32. The summed E-state index contributed by atoms with van der Waals surface area (Å²) in [5.74, 6) is -0.00832. The zero-order valence-corrected chi connectivity index (χ0v) is 10.1. The van der Waals surface area contributed by atoms with Crippen LogP contribution < -0.4 is 5.73 Å². The molecule has 1 amide bonds. The highest BCUT2D eigenvalue weighted by atomic mass is 35.5. The minimum Gasteiger partial charge on any atom is -0.337 e. The Kier molecular flexibility index (Phi) is 3.38. The summed E-state index contributed by atoms with van der Waals surface area (Å²) >= 11 is 11.8. The molecule has 1 aliphatic heterocycles. The second-order valence-electron chi connectivity index (χ2n) is 3.89. The molecule has 1 aliphatic rings. The first-order chi connectivity index (χ1) is 7.58. The number of likely N-dealkylation sites (tertiary alicyclic amines) is 1. The molecule has 0 unspecified atom stereocenters. The number of amides is 1. The summed E-state index contributed by atoms with van der Waals surface area (Å²) in [6, 6.07) is 4.93. The highest BCUT2D eigenvalue weighted by molar-refractivity contribution is 6.35. The maximum absolute atomic E-state index is 11.6. The van der Waals surface area contributed by atoms with E-state index in [1.165, 1.54) is 0 Å². The molecular formula is C11H12Cl2N2O. The van der Waals surface area contributed by atoms with Gasteiger partial charge >= 0.3 is 0 Å². The van der Waals surface area contributed by atoms with Crippen LogP contribution in [0.3, 0.4) is 0 Å². The lowest BCUT2D eigenvalue weighted by atomic mass is 10.2. The van der Waals surface area contributed by atoms with Gasteiger partial charge in [0.1, 0.15) is 0 Å². The standard InChI is InChI=1S/C11H12Cl2N2O/c12-8-2-1-7(9(13)5-8)6-15-4-3-10(14)11(15)16/h1-2,5,10H,3-4,6,14H2/t10-/m0/s1. The zero-order valence-electron chi connectivity index (χ0n) is 8.62. The van der Waals surface area contributed by atoms with Gasteiger partial charge in [-0.05, 0) is 24.1 Å². The van der Waals surface area contributed by atoms with Crippen molar-refractivity contribution in [2.45, 2.75) is 19.0 Å². The Balaban J connectivity index is 2.12. The largest absolute Gasteiger partial charge is 0.337 e. The Labute approximate surface area is 104 Å². The molecular weight excluding hydrogens is 247 g/mol. The van der Waals surface area contributed by atoms with Crippen LogP contribution in [0.2, 0.25) is 10.0 Å². The summed E-state index contributed by atoms with van der Waals surface area (Å²) < 4.78 is 0. The Morgan fingerprint density at radius 1 is 1.44 bits per heavy atom. The van der Waals surface area contributed by atoms with E-state index in [1.54, 1.807) is 17.0 Å². The van der Waals surface area contributed by atoms with Gasteiger partial charge in [-0.25, -0.2) is 0 Å². The molecule has 0 radical (unpaired) electrons. The van der Waals surface area contributed by atoms with Crippen molar-refractivity contribution in [1.82, 2.24) is 4.90 Å². The maximum atomic E-state index is 11.6. The summed E-state index contributed by atoms with van der Waals surface area (Å²) in [6.07, 6.45) is 0.712. The predicted molar refractivity (Wildman–Crippen MR) is 64.5 cm³/mol. The molecule has 1 fully saturated rings. The number of rotatable bonds is 2. The summed E-state index contributed by atoms with van der Waals surface area (Å²) in [6.45, 7) is 1.20. The van der Waals surface area contributed by atoms with Crippen molar-refractivity contribution in [3.63, 3.8) is 0 Å². The van der Waals surface area contributed by atoms with Gasteiger partial charge < -0.3 is 10.6 Å². The molecule has 3 nitrogen and oxygen atoms in total. The molecule has 0 aromatic heterocycles. The summed E-state index contributed by atoms with van der Waals surface area (Å²) in [4.78, 5) is 13.3. The van der Waals surface area contributed by atoms with Gasteiger partial charge in [-0.2, -0.15) is 0 Å². The van der Waals surface area contributed by atoms with Crippen molar-refractivity contribution in [2.75, 3.05) is 6.54 Å². The number of benzene rings is 1. The third-order valence-electron chi connectivity index (χ3n) is 2.72. The third-order valence-corrected chi connectivity index (χ3v) is 3.30. The molecule has 1 atom stereocenters. The molecule has 0 bridgehead atoms. The first-order valence-corrected chi connectivity index (χ1v) is 5.82. The lowest BCUT2D eigenvalue weighted by Gasteiger charge is -2.16. The SMILES string of the molecule is N[C@H]1CCN(Cc2ccc(Cl)cc2Cl)C1=O. The average Bonchev–Trinajstić information content (AvgIpc) is 2.54. The quantitative estimate of drug-likeness (QED) is 0.883. The van der Waals surface area contributed by atoms with Crippen LogP contribution >= 0.6 is 23.2 Å². The molecule has 5 heteroatoms. The van der Waals surface area contributed by atoms with Crippen LogP contribution in [0.5, 0.6) is 0 Å². The average molecular weight is 259 g/mol. The molecule has 0 aliphatic carbocycles. The van der Waals surface area contributed by atoms with Gasteiger partial charge in [0.2, 0.25) is 5.91 Å². The van der Waals surface area contributed by atoms with Gasteiger partial charge in [0.05, 0.1) is 6.04 Å². The molecule has 1 heterocycles. The number of nitrogens with zero attached hydrogens (tertiary/aromatic N) is 1. The van der Waals surface area contributed by atoms with Crippen LogP contribution in [-0.2, 0) is 11.3 Å². The van der Waals surface area contributed by atoms with Crippen LogP contribution in [0.15, 0.2) is 18.2 Å². The van der Waals surface area contributed by atoms with Crippen molar-refractivity contribution in [3.8, 4) is 0 Å². The van der Waals surface area contributed by atoms with Gasteiger partial charge in [-0.15, -0.1) is 0 Å². The first kappa shape index (κ1) is 11.7. The molecule has 2 N–H and O–H groups in total. The second kappa shape index (κ2) is 4.62. The van der Waals surface area contributed by atoms with Crippen LogP contribution in [0, 0.1) is 0 Å². The van der Waals surface area contributed by atoms with Gasteiger partial charge in [-0.1, -0.05) is 29.3 Å². The topological polar surface area (TPSA) is 46.3 Å². The molecule has 86 valence electrons. The van der Waals surface area contributed by atoms with Crippen LogP contribution in [-0.4, -0.2) is 23.4 Å². The minimum absolute atomic E-state index is 0.00832. The van der Waals surface area contributed by atoms with Gasteiger partial charge in [0.25, 0.3) is 0 Å². The molecule has 1 aromatic rings. The van der Waals surface area contributed by atoms with E-state index >= 15 is 0 Å². The van der Waals surface area contributed by atoms with Gasteiger partial charge in [0, 0.05) is 23.1 Å². The summed E-state index contributed by atoms with van der Waals surface area (Å²) in [5, 5.41) is 1.18. The fourth-order valence-electron chi connectivity index (χ4n) is 1.78. The number of halogens is 2. The molecule has 2 rings (SSSR count). The summed E-state index contributed by atoms with van der Waals surface area (Å²) in [5.41, 5.74) is 6.54. The van der Waals surface area contributed by atoms with Crippen LogP contribution in [0.4, 0.5) is 0 Å². The van der Waals surface area contributed by atoms with Crippen molar-refractivity contribution < 1.29 is 4.79 Å².